The van der Waals surface area contributed by atoms with Crippen LogP contribution in [0.2, 0.25) is 0 Å². The summed E-state index contributed by atoms with van der Waals surface area (Å²) < 4.78 is 0. The second-order valence-electron chi connectivity index (χ2n) is 3.84. The summed E-state index contributed by atoms with van der Waals surface area (Å²) in [4.78, 5) is 29.4. The van der Waals surface area contributed by atoms with Gasteiger partial charge in [-0.1, -0.05) is 31.4 Å². The third-order valence-corrected chi connectivity index (χ3v) is 1.75. The van der Waals surface area contributed by atoms with Crippen LogP contribution in [0.1, 0.15) is 24.2 Å². The van der Waals surface area contributed by atoms with Crippen LogP contribution in [0.25, 0.3) is 0 Å². The quantitative estimate of drug-likeness (QED) is 0.739. The minimum absolute atomic E-state index is 0.176. The van der Waals surface area contributed by atoms with Gasteiger partial charge in [-0.05, 0) is 26.0 Å². The molecule has 21 heavy (non-hydrogen) atoms. The standard InChI is InChI=1S/C7H6O2.2C4H6O2/c8-7(9)6-4-2-1-3-5-6;2*1-3(2)4(5)6/h1-5H,(H,8,9);2*1H2,2H3,(H,5,6). The maximum absolute atomic E-state index is 10.2. The summed E-state index contributed by atoms with van der Waals surface area (Å²) in [5.41, 5.74) is 0.683. The third-order valence-electron chi connectivity index (χ3n) is 1.75. The van der Waals surface area contributed by atoms with Crippen LogP contribution < -0.4 is 0 Å². The number of aromatic carboxylic acids is 1. The maximum Gasteiger partial charge on any atom is 0.335 e. The highest BCUT2D eigenvalue weighted by Crippen LogP contribution is 1.96. The molecule has 0 fully saturated rings. The van der Waals surface area contributed by atoms with Crippen molar-refractivity contribution in [2.45, 2.75) is 13.8 Å². The van der Waals surface area contributed by atoms with Gasteiger partial charge in [-0.2, -0.15) is 0 Å². The molecule has 6 heteroatoms. The minimum Gasteiger partial charge on any atom is -0.478 e. The summed E-state index contributed by atoms with van der Waals surface area (Å²) in [6.45, 7) is 9.20. The van der Waals surface area contributed by atoms with Gasteiger partial charge >= 0.3 is 17.9 Å². The van der Waals surface area contributed by atoms with Gasteiger partial charge in [0.15, 0.2) is 0 Å². The summed E-state index contributed by atoms with van der Waals surface area (Å²) in [7, 11) is 0. The van der Waals surface area contributed by atoms with Crippen LogP contribution >= 0.6 is 0 Å². The monoisotopic (exact) mass is 294 g/mol. The zero-order chi connectivity index (χ0) is 17.0. The van der Waals surface area contributed by atoms with Crippen molar-refractivity contribution in [2.24, 2.45) is 0 Å². The van der Waals surface area contributed by atoms with E-state index in [0.717, 1.165) is 0 Å². The van der Waals surface area contributed by atoms with E-state index in [2.05, 4.69) is 13.2 Å². The molecule has 3 N–H and O–H groups in total. The second kappa shape index (κ2) is 11.0. The number of carboxylic acid groups (broad SMARTS) is 3. The average molecular weight is 294 g/mol. The Morgan fingerprint density at radius 1 is 0.810 bits per heavy atom. The summed E-state index contributed by atoms with van der Waals surface area (Å²) in [6, 6.07) is 8.30. The molecule has 0 aromatic heterocycles. The molecule has 1 aromatic rings. The lowest BCUT2D eigenvalue weighted by atomic mass is 10.2. The molecule has 0 aliphatic carbocycles. The lowest BCUT2D eigenvalue weighted by Crippen LogP contribution is -1.93. The van der Waals surface area contributed by atoms with Crippen LogP contribution in [0.15, 0.2) is 54.6 Å². The zero-order valence-corrected chi connectivity index (χ0v) is 11.9. The van der Waals surface area contributed by atoms with E-state index in [1.54, 1.807) is 30.3 Å². The highest BCUT2D eigenvalue weighted by molar-refractivity contribution is 5.87. The topological polar surface area (TPSA) is 112 Å². The van der Waals surface area contributed by atoms with E-state index in [9.17, 15) is 14.4 Å². The molecule has 0 bridgehead atoms. The second-order valence-corrected chi connectivity index (χ2v) is 3.84. The minimum atomic E-state index is -0.935. The highest BCUT2D eigenvalue weighted by Gasteiger charge is 1.96. The van der Waals surface area contributed by atoms with Crippen LogP contribution in [0, 0.1) is 0 Å². The molecule has 0 spiro atoms. The van der Waals surface area contributed by atoms with Crippen molar-refractivity contribution < 1.29 is 29.7 Å². The molecule has 0 saturated heterocycles. The van der Waals surface area contributed by atoms with E-state index in [4.69, 9.17) is 15.3 Å². The Balaban J connectivity index is 0. The lowest BCUT2D eigenvalue weighted by Gasteiger charge is -1.88. The van der Waals surface area contributed by atoms with Crippen LogP contribution in [-0.4, -0.2) is 33.2 Å². The first-order valence-electron chi connectivity index (χ1n) is 5.65. The smallest absolute Gasteiger partial charge is 0.335 e. The SMILES string of the molecule is C=C(C)C(=O)O.C=C(C)C(=O)O.O=C(O)c1ccccc1. The van der Waals surface area contributed by atoms with Crippen LogP contribution in [0.5, 0.6) is 0 Å². The zero-order valence-electron chi connectivity index (χ0n) is 11.9. The molecule has 0 heterocycles. The van der Waals surface area contributed by atoms with Gasteiger partial charge in [-0.25, -0.2) is 14.4 Å². The predicted molar refractivity (Wildman–Crippen MR) is 78.3 cm³/mol. The molecule has 114 valence electrons. The van der Waals surface area contributed by atoms with Crippen molar-refractivity contribution in [1.29, 1.82) is 0 Å². The molecule has 1 rings (SSSR count). The maximum atomic E-state index is 10.2. The number of aliphatic carboxylic acids is 2. The van der Waals surface area contributed by atoms with Gasteiger partial charge < -0.3 is 15.3 Å². The fraction of sp³-hybridized carbons (Fsp3) is 0.133. The van der Waals surface area contributed by atoms with E-state index < -0.39 is 17.9 Å². The molecule has 0 saturated carbocycles. The van der Waals surface area contributed by atoms with Gasteiger partial charge in [0, 0.05) is 11.1 Å². The Labute approximate surface area is 122 Å². The molecule has 0 atom stereocenters. The molecular weight excluding hydrogens is 276 g/mol. The Hall–Kier alpha value is -2.89. The van der Waals surface area contributed by atoms with Crippen molar-refractivity contribution in [1.82, 2.24) is 0 Å². The van der Waals surface area contributed by atoms with Crippen LogP contribution in [0.4, 0.5) is 0 Å². The molecule has 6 nitrogen and oxygen atoms in total. The summed E-state index contributed by atoms with van der Waals surface area (Å²) in [6.07, 6.45) is 0. The molecule has 0 aliphatic rings. The first-order valence-corrected chi connectivity index (χ1v) is 5.65. The van der Waals surface area contributed by atoms with E-state index in [1.807, 2.05) is 0 Å². The number of hydrogen-bond acceptors (Lipinski definition) is 3. The van der Waals surface area contributed by atoms with Gasteiger partial charge in [-0.3, -0.25) is 0 Å². The molecule has 1 aromatic carbocycles. The number of hydrogen-bond donors (Lipinski definition) is 3. The fourth-order valence-electron chi connectivity index (χ4n) is 0.581. The van der Waals surface area contributed by atoms with Gasteiger partial charge in [0.1, 0.15) is 0 Å². The van der Waals surface area contributed by atoms with Crippen molar-refractivity contribution >= 4 is 17.9 Å². The number of rotatable bonds is 3. The van der Waals surface area contributed by atoms with Crippen molar-refractivity contribution in [3.05, 3.63) is 60.2 Å². The first kappa shape index (κ1) is 20.4. The average Bonchev–Trinajstić information content (AvgIpc) is 2.40. The van der Waals surface area contributed by atoms with Gasteiger partial charge in [0.05, 0.1) is 5.56 Å². The fourth-order valence-corrected chi connectivity index (χ4v) is 0.581. The van der Waals surface area contributed by atoms with Crippen LogP contribution in [-0.2, 0) is 9.59 Å². The normalized spacial score (nSPS) is 8.10. The molecular formula is C15H18O6. The molecule has 0 unspecified atom stereocenters. The van der Waals surface area contributed by atoms with Crippen molar-refractivity contribution in [3.8, 4) is 0 Å². The van der Waals surface area contributed by atoms with Gasteiger partial charge in [0.2, 0.25) is 0 Å². The summed E-state index contributed by atoms with van der Waals surface area (Å²) in [5.74, 6) is -2.75. The van der Waals surface area contributed by atoms with Crippen LogP contribution in [0.3, 0.4) is 0 Å². The Kier molecular flexibility index (Phi) is 10.7. The Morgan fingerprint density at radius 3 is 1.24 bits per heavy atom. The van der Waals surface area contributed by atoms with E-state index >= 15 is 0 Å². The van der Waals surface area contributed by atoms with E-state index in [-0.39, 0.29) is 11.1 Å². The largest absolute Gasteiger partial charge is 0.478 e. The summed E-state index contributed by atoms with van der Waals surface area (Å²) >= 11 is 0. The predicted octanol–water partition coefficient (Wildman–Crippen LogP) is 2.68. The van der Waals surface area contributed by atoms with E-state index in [0.29, 0.717) is 5.56 Å². The number of benzene rings is 1. The molecule has 0 aliphatic heterocycles. The Morgan fingerprint density at radius 2 is 1.10 bits per heavy atom. The Bertz CT molecular complexity index is 468. The van der Waals surface area contributed by atoms with Gasteiger partial charge in [-0.15, -0.1) is 0 Å². The molecule has 0 radical (unpaired) electrons. The number of carbonyl (C=O) groups is 3. The van der Waals surface area contributed by atoms with Gasteiger partial charge in [0.25, 0.3) is 0 Å². The highest BCUT2D eigenvalue weighted by atomic mass is 16.4. The van der Waals surface area contributed by atoms with Crippen molar-refractivity contribution in [2.75, 3.05) is 0 Å². The lowest BCUT2D eigenvalue weighted by molar-refractivity contribution is -0.133. The summed E-state index contributed by atoms with van der Waals surface area (Å²) in [5, 5.41) is 24.2. The first-order chi connectivity index (χ1) is 9.59. The van der Waals surface area contributed by atoms with Crippen molar-refractivity contribution in [3.63, 3.8) is 0 Å². The molecule has 0 amide bonds. The third kappa shape index (κ3) is 13.3. The number of carboxylic acids is 3. The van der Waals surface area contributed by atoms with E-state index in [1.165, 1.54) is 13.8 Å².